The van der Waals surface area contributed by atoms with Crippen LogP contribution in [0.15, 0.2) is 34.9 Å². The summed E-state index contributed by atoms with van der Waals surface area (Å²) in [5, 5.41) is 17.5. The third-order valence-electron chi connectivity index (χ3n) is 3.26. The molecule has 7 nitrogen and oxygen atoms in total. The fourth-order valence-corrected chi connectivity index (χ4v) is 2.09. The third-order valence-corrected chi connectivity index (χ3v) is 3.26. The Balaban J connectivity index is 2.25. The van der Waals surface area contributed by atoms with E-state index in [4.69, 9.17) is 4.52 Å². The topological polar surface area (TPSA) is 98.3 Å². The molecule has 1 aromatic carbocycles. The first kappa shape index (κ1) is 15.7. The molecular formula is C15H17N3O4. The van der Waals surface area contributed by atoms with Gasteiger partial charge in [0.05, 0.1) is 11.0 Å². The lowest BCUT2D eigenvalue weighted by Crippen LogP contribution is -2.27. The van der Waals surface area contributed by atoms with Crippen LogP contribution in [0.2, 0.25) is 0 Å². The molecule has 0 bridgehead atoms. The zero-order chi connectivity index (χ0) is 16.3. The standard InChI is InChI=1S/C15H17N3O4/c1-9(2)14-13(18(20)21)12(17-22-14)15(19)16-10(3)11-7-5-4-6-8-11/h4-10H,1-3H3,(H,16,19)/t10-/m0/s1. The van der Waals surface area contributed by atoms with Crippen molar-refractivity contribution in [3.05, 3.63) is 57.5 Å². The van der Waals surface area contributed by atoms with Crippen LogP contribution >= 0.6 is 0 Å². The number of nitrogens with zero attached hydrogens (tertiary/aromatic N) is 2. The van der Waals surface area contributed by atoms with Crippen molar-refractivity contribution >= 4 is 11.6 Å². The van der Waals surface area contributed by atoms with Crippen LogP contribution in [0.4, 0.5) is 5.69 Å². The van der Waals surface area contributed by atoms with Crippen molar-refractivity contribution in [1.82, 2.24) is 10.5 Å². The molecule has 0 aliphatic carbocycles. The van der Waals surface area contributed by atoms with Crippen molar-refractivity contribution in [2.24, 2.45) is 0 Å². The van der Waals surface area contributed by atoms with Crippen LogP contribution in [0.25, 0.3) is 0 Å². The molecule has 0 aliphatic heterocycles. The Labute approximate surface area is 127 Å². The molecule has 1 aromatic heterocycles. The van der Waals surface area contributed by atoms with Gasteiger partial charge in [0.25, 0.3) is 5.91 Å². The first-order valence-electron chi connectivity index (χ1n) is 6.91. The number of aromatic nitrogens is 1. The van der Waals surface area contributed by atoms with Gasteiger partial charge < -0.3 is 9.84 Å². The monoisotopic (exact) mass is 303 g/mol. The quantitative estimate of drug-likeness (QED) is 0.675. The largest absolute Gasteiger partial charge is 0.353 e. The van der Waals surface area contributed by atoms with E-state index in [1.54, 1.807) is 20.8 Å². The maximum Gasteiger partial charge on any atom is 0.344 e. The zero-order valence-corrected chi connectivity index (χ0v) is 12.6. The second kappa shape index (κ2) is 6.38. The van der Waals surface area contributed by atoms with Crippen molar-refractivity contribution in [3.63, 3.8) is 0 Å². The second-order valence-corrected chi connectivity index (χ2v) is 5.26. The molecule has 1 amide bonds. The fraction of sp³-hybridized carbons (Fsp3) is 0.333. The molecule has 0 radical (unpaired) electrons. The highest BCUT2D eigenvalue weighted by Gasteiger charge is 2.33. The molecule has 1 atom stereocenters. The molecular weight excluding hydrogens is 286 g/mol. The summed E-state index contributed by atoms with van der Waals surface area (Å²) in [5.74, 6) is -0.762. The predicted molar refractivity (Wildman–Crippen MR) is 79.6 cm³/mol. The molecule has 22 heavy (non-hydrogen) atoms. The van der Waals surface area contributed by atoms with Crippen LogP contribution in [0.1, 0.15) is 54.5 Å². The van der Waals surface area contributed by atoms with Gasteiger partial charge in [0.15, 0.2) is 0 Å². The lowest BCUT2D eigenvalue weighted by Gasteiger charge is -2.12. The maximum atomic E-state index is 12.3. The summed E-state index contributed by atoms with van der Waals surface area (Å²) in [5.41, 5.74) is 0.232. The van der Waals surface area contributed by atoms with Gasteiger partial charge in [-0.2, -0.15) is 0 Å². The van der Waals surface area contributed by atoms with Gasteiger partial charge in [-0.1, -0.05) is 49.3 Å². The Kier molecular flexibility index (Phi) is 4.55. The number of amides is 1. The minimum atomic E-state index is -0.631. The highest BCUT2D eigenvalue weighted by atomic mass is 16.6. The van der Waals surface area contributed by atoms with Crippen LogP contribution in [-0.4, -0.2) is 16.0 Å². The lowest BCUT2D eigenvalue weighted by atomic mass is 10.1. The van der Waals surface area contributed by atoms with Crippen molar-refractivity contribution in [2.75, 3.05) is 0 Å². The smallest absolute Gasteiger partial charge is 0.344 e. The van der Waals surface area contributed by atoms with Gasteiger partial charge in [0.1, 0.15) is 0 Å². The number of carbonyl (C=O) groups is 1. The van der Waals surface area contributed by atoms with Crippen molar-refractivity contribution in [3.8, 4) is 0 Å². The zero-order valence-electron chi connectivity index (χ0n) is 12.6. The fourth-order valence-electron chi connectivity index (χ4n) is 2.09. The second-order valence-electron chi connectivity index (χ2n) is 5.26. The number of nitrogens with one attached hydrogen (secondary N) is 1. The van der Waals surface area contributed by atoms with Gasteiger partial charge in [-0.25, -0.2) is 0 Å². The molecule has 1 heterocycles. The molecule has 0 fully saturated rings. The minimum Gasteiger partial charge on any atom is -0.353 e. The number of hydrogen-bond donors (Lipinski definition) is 1. The Morgan fingerprint density at radius 3 is 2.45 bits per heavy atom. The molecule has 0 saturated heterocycles. The number of nitro groups is 1. The van der Waals surface area contributed by atoms with E-state index in [1.165, 1.54) is 0 Å². The number of hydrogen-bond acceptors (Lipinski definition) is 5. The summed E-state index contributed by atoms with van der Waals surface area (Å²) in [6.07, 6.45) is 0. The van der Waals surface area contributed by atoms with Crippen LogP contribution in [0, 0.1) is 10.1 Å². The molecule has 0 saturated carbocycles. The highest BCUT2D eigenvalue weighted by Crippen LogP contribution is 2.30. The Morgan fingerprint density at radius 1 is 1.27 bits per heavy atom. The summed E-state index contributed by atoms with van der Waals surface area (Å²) >= 11 is 0. The summed E-state index contributed by atoms with van der Waals surface area (Å²) < 4.78 is 4.97. The first-order valence-corrected chi connectivity index (χ1v) is 6.91. The molecule has 0 unspecified atom stereocenters. The molecule has 2 rings (SSSR count). The van der Waals surface area contributed by atoms with Gasteiger partial charge in [-0.05, 0) is 12.5 Å². The molecule has 2 aromatic rings. The SMILES string of the molecule is CC(C)c1onc(C(=O)N[C@@H](C)c2ccccc2)c1[N+](=O)[O-]. The van der Waals surface area contributed by atoms with E-state index in [2.05, 4.69) is 10.5 Å². The van der Waals surface area contributed by atoms with Crippen LogP contribution in [0.5, 0.6) is 0 Å². The molecule has 116 valence electrons. The van der Waals surface area contributed by atoms with E-state index in [1.807, 2.05) is 30.3 Å². The summed E-state index contributed by atoms with van der Waals surface area (Å²) in [4.78, 5) is 22.8. The van der Waals surface area contributed by atoms with Crippen LogP contribution < -0.4 is 5.32 Å². The average Bonchev–Trinajstić information content (AvgIpc) is 2.93. The average molecular weight is 303 g/mol. The van der Waals surface area contributed by atoms with Gasteiger partial charge in [-0.15, -0.1) is 0 Å². The first-order chi connectivity index (χ1) is 10.4. The van der Waals surface area contributed by atoms with E-state index in [-0.39, 0.29) is 29.1 Å². The summed E-state index contributed by atoms with van der Waals surface area (Å²) in [6, 6.07) is 9.01. The van der Waals surface area contributed by atoms with Gasteiger partial charge in [0, 0.05) is 5.92 Å². The van der Waals surface area contributed by atoms with Crippen molar-refractivity contribution in [1.29, 1.82) is 0 Å². The summed E-state index contributed by atoms with van der Waals surface area (Å²) in [6.45, 7) is 5.27. The Bertz CT molecular complexity index is 679. The number of rotatable bonds is 5. The van der Waals surface area contributed by atoms with Crippen LogP contribution in [-0.2, 0) is 0 Å². The Morgan fingerprint density at radius 2 is 1.91 bits per heavy atom. The normalized spacial score (nSPS) is 12.2. The van der Waals surface area contributed by atoms with E-state index in [9.17, 15) is 14.9 Å². The van der Waals surface area contributed by atoms with E-state index >= 15 is 0 Å². The van der Waals surface area contributed by atoms with Gasteiger partial charge in [-0.3, -0.25) is 14.9 Å². The van der Waals surface area contributed by atoms with Crippen molar-refractivity contribution < 1.29 is 14.2 Å². The minimum absolute atomic E-state index is 0.0996. The predicted octanol–water partition coefficient (Wildman–Crippen LogP) is 3.20. The summed E-state index contributed by atoms with van der Waals surface area (Å²) in [7, 11) is 0. The van der Waals surface area contributed by atoms with E-state index in [0.717, 1.165) is 5.56 Å². The highest BCUT2D eigenvalue weighted by molar-refractivity contribution is 5.96. The molecule has 0 spiro atoms. The van der Waals surface area contributed by atoms with E-state index < -0.39 is 10.8 Å². The van der Waals surface area contributed by atoms with Gasteiger partial charge >= 0.3 is 5.69 Å². The molecule has 0 aliphatic rings. The Hall–Kier alpha value is -2.70. The molecule has 1 N–H and O–H groups in total. The van der Waals surface area contributed by atoms with Crippen LogP contribution in [0.3, 0.4) is 0 Å². The van der Waals surface area contributed by atoms with Crippen molar-refractivity contribution in [2.45, 2.75) is 32.7 Å². The van der Waals surface area contributed by atoms with E-state index in [0.29, 0.717) is 0 Å². The van der Waals surface area contributed by atoms with Gasteiger partial charge in [0.2, 0.25) is 11.5 Å². The maximum absolute atomic E-state index is 12.3. The number of carbonyl (C=O) groups excluding carboxylic acids is 1. The lowest BCUT2D eigenvalue weighted by molar-refractivity contribution is -0.386. The molecule has 7 heteroatoms. The number of benzene rings is 1. The third kappa shape index (κ3) is 3.13.